The van der Waals surface area contributed by atoms with Gasteiger partial charge in [-0.2, -0.15) is 0 Å². The number of carboxylic acid groups (broad SMARTS) is 1. The van der Waals surface area contributed by atoms with Gasteiger partial charge in [-0.15, -0.1) is 0 Å². The van der Waals surface area contributed by atoms with Crippen molar-refractivity contribution in [2.24, 2.45) is 0 Å². The zero-order chi connectivity index (χ0) is 21.4. The lowest BCUT2D eigenvalue weighted by Gasteiger charge is -2.22. The molecule has 0 aliphatic carbocycles. The molecule has 2 aromatic rings. The standard InChI is InChI=1S/C20H18F2N2O5/c21-15-5-1-13(2-6-15)11-24(12-14-3-7-16(22)8-4-14)18(26)9-17(25)20(29)23-10-19(27)28/h1-9,25H,10-12H2,(H,23,29)(H,27,28). The van der Waals surface area contributed by atoms with Crippen molar-refractivity contribution in [2.75, 3.05) is 6.54 Å². The molecule has 0 aliphatic heterocycles. The van der Waals surface area contributed by atoms with Crippen molar-refractivity contribution in [3.05, 3.63) is 83.1 Å². The molecular weight excluding hydrogens is 386 g/mol. The molecule has 0 unspecified atom stereocenters. The number of nitrogens with zero attached hydrogens (tertiary/aromatic N) is 1. The summed E-state index contributed by atoms with van der Waals surface area (Å²) < 4.78 is 26.2. The Morgan fingerprint density at radius 2 is 1.31 bits per heavy atom. The predicted octanol–water partition coefficient (Wildman–Crippen LogP) is 2.14. The Labute approximate surface area is 164 Å². The molecule has 0 heterocycles. The number of carbonyl (C=O) groups excluding carboxylic acids is 2. The largest absolute Gasteiger partial charge is 0.503 e. The molecule has 0 bridgehead atoms. The van der Waals surface area contributed by atoms with E-state index >= 15 is 0 Å². The molecule has 0 spiro atoms. The van der Waals surface area contributed by atoms with Crippen molar-refractivity contribution in [3.8, 4) is 0 Å². The molecule has 9 heteroatoms. The van der Waals surface area contributed by atoms with Gasteiger partial charge in [0.25, 0.3) is 11.8 Å². The number of rotatable bonds is 8. The highest BCUT2D eigenvalue weighted by Gasteiger charge is 2.17. The van der Waals surface area contributed by atoms with E-state index in [1.807, 2.05) is 5.32 Å². The number of halogens is 2. The lowest BCUT2D eigenvalue weighted by atomic mass is 10.1. The minimum Gasteiger partial charge on any atom is -0.503 e. The molecule has 0 saturated heterocycles. The van der Waals surface area contributed by atoms with Gasteiger partial charge in [0.2, 0.25) is 0 Å². The van der Waals surface area contributed by atoms with Crippen molar-refractivity contribution in [3.63, 3.8) is 0 Å². The van der Waals surface area contributed by atoms with Gasteiger partial charge in [0.1, 0.15) is 18.2 Å². The molecule has 0 atom stereocenters. The fourth-order valence-corrected chi connectivity index (χ4v) is 2.35. The first-order valence-corrected chi connectivity index (χ1v) is 8.43. The number of amides is 2. The second-order valence-corrected chi connectivity index (χ2v) is 6.05. The molecule has 2 aromatic carbocycles. The van der Waals surface area contributed by atoms with Crippen LogP contribution in [-0.4, -0.2) is 39.4 Å². The SMILES string of the molecule is O=C(O)CNC(=O)C(O)=CC(=O)N(Cc1ccc(F)cc1)Cc1ccc(F)cc1. The van der Waals surface area contributed by atoms with Crippen LogP contribution in [0.3, 0.4) is 0 Å². The summed E-state index contributed by atoms with van der Waals surface area (Å²) in [7, 11) is 0. The topological polar surface area (TPSA) is 107 Å². The van der Waals surface area contributed by atoms with Gasteiger partial charge in [0.05, 0.1) is 6.08 Å². The van der Waals surface area contributed by atoms with Crippen LogP contribution in [0.5, 0.6) is 0 Å². The van der Waals surface area contributed by atoms with Crippen LogP contribution in [-0.2, 0) is 27.5 Å². The third-order valence-electron chi connectivity index (χ3n) is 3.78. The summed E-state index contributed by atoms with van der Waals surface area (Å²) in [5.74, 6) is -5.03. The molecule has 0 saturated carbocycles. The number of nitrogens with one attached hydrogen (secondary N) is 1. The number of hydrogen-bond acceptors (Lipinski definition) is 4. The van der Waals surface area contributed by atoms with Crippen LogP contribution in [0.15, 0.2) is 60.4 Å². The normalized spacial score (nSPS) is 11.0. The van der Waals surface area contributed by atoms with Gasteiger partial charge >= 0.3 is 5.97 Å². The van der Waals surface area contributed by atoms with E-state index in [2.05, 4.69) is 0 Å². The maximum Gasteiger partial charge on any atom is 0.322 e. The maximum atomic E-state index is 13.1. The molecule has 0 radical (unpaired) electrons. The summed E-state index contributed by atoms with van der Waals surface area (Å²) in [5, 5.41) is 20.2. The van der Waals surface area contributed by atoms with E-state index in [-0.39, 0.29) is 13.1 Å². The number of carboxylic acids is 1. The highest BCUT2D eigenvalue weighted by Crippen LogP contribution is 2.13. The molecule has 0 fully saturated rings. The van der Waals surface area contributed by atoms with Gasteiger partial charge in [-0.05, 0) is 35.4 Å². The highest BCUT2D eigenvalue weighted by atomic mass is 19.1. The van der Waals surface area contributed by atoms with Gasteiger partial charge < -0.3 is 20.4 Å². The predicted molar refractivity (Wildman–Crippen MR) is 98.4 cm³/mol. The van der Waals surface area contributed by atoms with Crippen molar-refractivity contribution in [1.29, 1.82) is 0 Å². The van der Waals surface area contributed by atoms with E-state index in [0.717, 1.165) is 0 Å². The zero-order valence-corrected chi connectivity index (χ0v) is 15.1. The smallest absolute Gasteiger partial charge is 0.322 e. The first kappa shape index (κ1) is 21.5. The Bertz CT molecular complexity index is 864. The van der Waals surface area contributed by atoms with E-state index in [9.17, 15) is 28.3 Å². The summed E-state index contributed by atoms with van der Waals surface area (Å²) in [4.78, 5) is 36.0. The molecule has 2 rings (SSSR count). The fourth-order valence-electron chi connectivity index (χ4n) is 2.35. The molecule has 2 amide bonds. The average Bonchev–Trinajstić information content (AvgIpc) is 2.68. The average molecular weight is 404 g/mol. The van der Waals surface area contributed by atoms with Crippen molar-refractivity contribution in [2.45, 2.75) is 13.1 Å². The van der Waals surface area contributed by atoms with Gasteiger partial charge in [0.15, 0.2) is 5.76 Å². The minimum absolute atomic E-state index is 0.0248. The molecule has 7 nitrogen and oxygen atoms in total. The number of carbonyl (C=O) groups is 3. The van der Waals surface area contributed by atoms with Gasteiger partial charge in [-0.1, -0.05) is 24.3 Å². The lowest BCUT2D eigenvalue weighted by Crippen LogP contribution is -2.33. The summed E-state index contributed by atoms with van der Waals surface area (Å²) in [6, 6.07) is 10.8. The molecule has 152 valence electrons. The summed E-state index contributed by atoms with van der Waals surface area (Å²) in [6.07, 6.45) is 0.657. The van der Waals surface area contributed by atoms with Crippen molar-refractivity contribution in [1.82, 2.24) is 10.2 Å². The van der Waals surface area contributed by atoms with E-state index < -0.39 is 41.7 Å². The van der Waals surface area contributed by atoms with Crippen molar-refractivity contribution < 1.29 is 33.4 Å². The number of benzene rings is 2. The van der Waals surface area contributed by atoms with Crippen LogP contribution in [0.2, 0.25) is 0 Å². The zero-order valence-electron chi connectivity index (χ0n) is 15.1. The van der Waals surface area contributed by atoms with Crippen LogP contribution in [0, 0.1) is 11.6 Å². The Morgan fingerprint density at radius 3 is 1.72 bits per heavy atom. The van der Waals surface area contributed by atoms with Crippen LogP contribution in [0.1, 0.15) is 11.1 Å². The van der Waals surface area contributed by atoms with Gasteiger partial charge in [-0.3, -0.25) is 14.4 Å². The Balaban J connectivity index is 2.19. The van der Waals surface area contributed by atoms with E-state index in [1.54, 1.807) is 0 Å². The van der Waals surface area contributed by atoms with Crippen LogP contribution in [0.4, 0.5) is 8.78 Å². The van der Waals surface area contributed by atoms with Crippen LogP contribution < -0.4 is 5.32 Å². The number of aliphatic carboxylic acids is 1. The third-order valence-corrected chi connectivity index (χ3v) is 3.78. The third kappa shape index (κ3) is 7.06. The van der Waals surface area contributed by atoms with E-state index in [0.29, 0.717) is 17.2 Å². The Hall–Kier alpha value is -3.75. The van der Waals surface area contributed by atoms with Crippen molar-refractivity contribution >= 4 is 17.8 Å². The minimum atomic E-state index is -1.31. The summed E-state index contributed by atoms with van der Waals surface area (Å²) in [6.45, 7) is -0.673. The molecule has 29 heavy (non-hydrogen) atoms. The lowest BCUT2D eigenvalue weighted by molar-refractivity contribution is -0.137. The van der Waals surface area contributed by atoms with E-state index in [1.165, 1.54) is 53.4 Å². The molecule has 0 aliphatic rings. The summed E-state index contributed by atoms with van der Waals surface area (Å²) in [5.41, 5.74) is 1.18. The second kappa shape index (κ2) is 9.98. The number of hydrogen-bond donors (Lipinski definition) is 3. The molecule has 3 N–H and O–H groups in total. The highest BCUT2D eigenvalue weighted by molar-refractivity contribution is 5.99. The maximum absolute atomic E-state index is 13.1. The summed E-state index contributed by atoms with van der Waals surface area (Å²) >= 11 is 0. The van der Waals surface area contributed by atoms with Gasteiger partial charge in [0, 0.05) is 13.1 Å². The van der Waals surface area contributed by atoms with Gasteiger partial charge in [-0.25, -0.2) is 8.78 Å². The second-order valence-electron chi connectivity index (χ2n) is 6.05. The monoisotopic (exact) mass is 404 g/mol. The van der Waals surface area contributed by atoms with E-state index in [4.69, 9.17) is 5.11 Å². The molecular formula is C20H18F2N2O5. The van der Waals surface area contributed by atoms with Crippen LogP contribution in [0.25, 0.3) is 0 Å². The van der Waals surface area contributed by atoms with Crippen LogP contribution >= 0.6 is 0 Å². The molecule has 0 aromatic heterocycles. The number of aliphatic hydroxyl groups excluding tert-OH is 1. The Morgan fingerprint density at radius 1 is 0.862 bits per heavy atom. The number of aliphatic hydroxyl groups is 1. The fraction of sp³-hybridized carbons (Fsp3) is 0.150. The first-order chi connectivity index (χ1) is 13.7. The Kier molecular flexibility index (Phi) is 7.41. The first-order valence-electron chi connectivity index (χ1n) is 8.43. The quantitative estimate of drug-likeness (QED) is 0.462.